The summed E-state index contributed by atoms with van der Waals surface area (Å²) < 4.78 is 7.97. The van der Waals surface area contributed by atoms with E-state index < -0.39 is 33.6 Å². The molecular weight excluding hydrogens is 579 g/mol. The first-order chi connectivity index (χ1) is 15.4. The van der Waals surface area contributed by atoms with Gasteiger partial charge in [0.2, 0.25) is 9.70 Å². The van der Waals surface area contributed by atoms with Crippen molar-refractivity contribution in [3.05, 3.63) is 39.4 Å². The van der Waals surface area contributed by atoms with Crippen molar-refractivity contribution in [2.75, 3.05) is 13.7 Å². The van der Waals surface area contributed by atoms with E-state index in [-0.39, 0.29) is 17.9 Å². The molecule has 33 heavy (non-hydrogen) atoms. The third-order valence-electron chi connectivity index (χ3n) is 5.24. The van der Waals surface area contributed by atoms with E-state index in [9.17, 15) is 14.4 Å². The second-order valence-electron chi connectivity index (χ2n) is 7.34. The summed E-state index contributed by atoms with van der Waals surface area (Å²) in [4.78, 5) is 39.2. The van der Waals surface area contributed by atoms with Crippen molar-refractivity contribution in [1.29, 1.82) is 0 Å². The summed E-state index contributed by atoms with van der Waals surface area (Å²) in [6.07, 6.45) is 3.66. The maximum Gasteiger partial charge on any atom is 0.330 e. The predicted octanol–water partition coefficient (Wildman–Crippen LogP) is 5.74. The van der Waals surface area contributed by atoms with Crippen molar-refractivity contribution in [3.8, 4) is 0 Å². The Bertz CT molecular complexity index is 984. The Kier molecular flexibility index (Phi) is 9.04. The molecule has 0 aliphatic carbocycles. The minimum absolute atomic E-state index is 0.228. The van der Waals surface area contributed by atoms with Gasteiger partial charge in [-0.15, -0.1) is 11.8 Å². The number of β-lactam (4-membered cyclic amide) rings is 1. The van der Waals surface area contributed by atoms with Crippen LogP contribution in [-0.2, 0) is 23.9 Å². The number of benzene rings is 1. The van der Waals surface area contributed by atoms with Gasteiger partial charge in [0.1, 0.15) is 12.6 Å². The number of hydrogen-bond donors (Lipinski definition) is 0. The number of carbonyl (C=O) groups excluding carboxylic acids is 3. The molecule has 0 spiro atoms. The van der Waals surface area contributed by atoms with E-state index in [4.69, 9.17) is 74.3 Å². The summed E-state index contributed by atoms with van der Waals surface area (Å²) in [6.45, 7) is -0.462. The maximum absolute atomic E-state index is 12.9. The number of alkyl halides is 3. The van der Waals surface area contributed by atoms with Crippen LogP contribution < -0.4 is 0 Å². The molecule has 2 aliphatic heterocycles. The van der Waals surface area contributed by atoms with Crippen LogP contribution in [-0.4, -0.2) is 57.6 Å². The summed E-state index contributed by atoms with van der Waals surface area (Å²) in [7, 11) is 1.27. The summed E-state index contributed by atoms with van der Waals surface area (Å²) in [6, 6.07) is 1.98. The van der Waals surface area contributed by atoms with Gasteiger partial charge >= 0.3 is 11.9 Å². The molecule has 3 rings (SSSR count). The molecule has 0 saturated carbocycles. The van der Waals surface area contributed by atoms with Crippen LogP contribution in [0.3, 0.4) is 0 Å². The maximum atomic E-state index is 12.9. The molecule has 2 aliphatic rings. The first-order valence-corrected chi connectivity index (χ1v) is 12.7. The van der Waals surface area contributed by atoms with E-state index in [2.05, 4.69) is 4.74 Å². The van der Waals surface area contributed by atoms with Gasteiger partial charge in [-0.3, -0.25) is 4.79 Å². The number of halogens is 6. The molecule has 0 radical (unpaired) electrons. The Balaban J connectivity index is 1.82. The largest absolute Gasteiger partial charge is 0.466 e. The van der Waals surface area contributed by atoms with Crippen LogP contribution in [0.15, 0.2) is 29.2 Å². The lowest BCUT2D eigenvalue weighted by Gasteiger charge is -2.44. The molecule has 2 heterocycles. The smallest absolute Gasteiger partial charge is 0.330 e. The van der Waals surface area contributed by atoms with Gasteiger partial charge in [-0.25, -0.2) is 9.59 Å². The van der Waals surface area contributed by atoms with Gasteiger partial charge in [0.25, 0.3) is 0 Å². The second-order valence-corrected chi connectivity index (χ2v) is 12.4. The van der Waals surface area contributed by atoms with Crippen molar-refractivity contribution < 1.29 is 23.9 Å². The molecule has 1 aromatic carbocycles. The summed E-state index contributed by atoms with van der Waals surface area (Å²) in [5.41, 5.74) is 0. The third-order valence-corrected chi connectivity index (χ3v) is 8.06. The monoisotopic (exact) mass is 593 g/mol. The number of carbonyl (C=O) groups is 3. The molecule has 0 bridgehead atoms. The zero-order chi connectivity index (χ0) is 24.5. The van der Waals surface area contributed by atoms with Crippen LogP contribution in [0.5, 0.6) is 0 Å². The lowest BCUT2D eigenvalue weighted by atomic mass is 9.85. The number of allylic oxidation sites excluding steroid dienone is 1. The number of amides is 1. The van der Waals surface area contributed by atoms with Crippen molar-refractivity contribution in [1.82, 2.24) is 4.90 Å². The van der Waals surface area contributed by atoms with E-state index in [0.29, 0.717) is 32.8 Å². The van der Waals surface area contributed by atoms with Crippen molar-refractivity contribution in [2.24, 2.45) is 5.92 Å². The van der Waals surface area contributed by atoms with Crippen LogP contribution in [0.4, 0.5) is 0 Å². The molecule has 180 valence electrons. The number of methoxy groups -OCH3 is 1. The van der Waals surface area contributed by atoms with Crippen LogP contribution in [0, 0.1) is 5.92 Å². The fraction of sp³-hybridized carbons (Fsp3) is 0.450. The quantitative estimate of drug-likeness (QED) is 0.132. The minimum atomic E-state index is -1.79. The number of thioether (sulfide) groups is 1. The topological polar surface area (TPSA) is 72.9 Å². The average molecular weight is 596 g/mol. The standard InChI is InChI=1S/C20H17Cl6NO5S/c1-31-16(28)4-2-3-9-13-7-15(33-14-6-11(22)10(21)5-12(14)23)17(27(13)18(9)29)19(30)32-8-20(24,25)26/h2,4-6,9,13,15,17H,3,7-8H2,1H3. The Hall–Kier alpha value is -0.540. The number of fused-ring (bicyclic) bond motifs is 1. The summed E-state index contributed by atoms with van der Waals surface area (Å²) in [5, 5.41) is 0.571. The molecule has 1 amide bonds. The van der Waals surface area contributed by atoms with E-state index in [1.54, 1.807) is 12.1 Å². The van der Waals surface area contributed by atoms with Gasteiger partial charge in [0.15, 0.2) is 0 Å². The zero-order valence-electron chi connectivity index (χ0n) is 16.9. The van der Waals surface area contributed by atoms with Gasteiger partial charge in [-0.2, -0.15) is 0 Å². The van der Waals surface area contributed by atoms with Gasteiger partial charge in [-0.05, 0) is 25.0 Å². The van der Waals surface area contributed by atoms with Gasteiger partial charge < -0.3 is 14.4 Å². The lowest BCUT2D eigenvalue weighted by molar-refractivity contribution is -0.166. The van der Waals surface area contributed by atoms with Crippen molar-refractivity contribution in [3.63, 3.8) is 0 Å². The molecule has 4 unspecified atom stereocenters. The van der Waals surface area contributed by atoms with E-state index in [1.165, 1.54) is 35.9 Å². The Morgan fingerprint density at radius 2 is 1.85 bits per heavy atom. The highest BCUT2D eigenvalue weighted by atomic mass is 35.6. The van der Waals surface area contributed by atoms with Crippen molar-refractivity contribution >= 4 is 99.2 Å². The third kappa shape index (κ3) is 6.37. The highest BCUT2D eigenvalue weighted by Gasteiger charge is 2.60. The van der Waals surface area contributed by atoms with Crippen LogP contribution in [0.25, 0.3) is 0 Å². The highest BCUT2D eigenvalue weighted by Crippen LogP contribution is 2.49. The average Bonchev–Trinajstić information content (AvgIpc) is 3.07. The molecule has 0 aromatic heterocycles. The number of nitrogens with zero attached hydrogens (tertiary/aromatic N) is 1. The molecule has 6 nitrogen and oxygen atoms in total. The fourth-order valence-electron chi connectivity index (χ4n) is 3.81. The van der Waals surface area contributed by atoms with Crippen molar-refractivity contribution in [2.45, 2.75) is 38.9 Å². The van der Waals surface area contributed by atoms with E-state index in [1.807, 2.05) is 0 Å². The molecule has 2 saturated heterocycles. The van der Waals surface area contributed by atoms with Crippen LogP contribution in [0.1, 0.15) is 12.8 Å². The van der Waals surface area contributed by atoms with Gasteiger partial charge in [-0.1, -0.05) is 75.7 Å². The number of esters is 2. The normalized spacial score (nSPS) is 24.6. The summed E-state index contributed by atoms with van der Waals surface area (Å²) >= 11 is 36.9. The molecule has 1 aromatic rings. The molecule has 13 heteroatoms. The van der Waals surface area contributed by atoms with E-state index in [0.717, 1.165) is 0 Å². The first-order valence-electron chi connectivity index (χ1n) is 9.54. The number of ether oxygens (including phenoxy) is 2. The molecular formula is C20H17Cl6NO5S. The number of rotatable bonds is 7. The molecule has 2 fully saturated rings. The van der Waals surface area contributed by atoms with Crippen LogP contribution >= 0.6 is 81.4 Å². The summed E-state index contributed by atoms with van der Waals surface area (Å²) in [5.74, 6) is -1.81. The first kappa shape index (κ1) is 27.1. The zero-order valence-corrected chi connectivity index (χ0v) is 22.3. The lowest BCUT2D eigenvalue weighted by Crippen LogP contribution is -2.62. The SMILES string of the molecule is COC(=O)C=CCC1C(=O)N2C1CC(Sc1cc(Cl)c(Cl)cc1Cl)C2C(=O)OCC(Cl)(Cl)Cl. The fourth-order valence-corrected chi connectivity index (χ4v) is 6.07. The Morgan fingerprint density at radius 1 is 1.18 bits per heavy atom. The number of hydrogen-bond acceptors (Lipinski definition) is 6. The van der Waals surface area contributed by atoms with Crippen LogP contribution in [0.2, 0.25) is 15.1 Å². The molecule has 0 N–H and O–H groups in total. The second kappa shape index (κ2) is 11.0. The van der Waals surface area contributed by atoms with Gasteiger partial charge in [0.05, 0.1) is 28.1 Å². The highest BCUT2D eigenvalue weighted by molar-refractivity contribution is 8.00. The Morgan fingerprint density at radius 3 is 2.48 bits per heavy atom. The molecule has 4 atom stereocenters. The minimum Gasteiger partial charge on any atom is -0.466 e. The predicted molar refractivity (Wildman–Crippen MR) is 131 cm³/mol. The van der Waals surface area contributed by atoms with E-state index >= 15 is 0 Å². The van der Waals surface area contributed by atoms with Gasteiger partial charge in [0, 0.05) is 22.3 Å². The Labute approximate surface area is 224 Å².